The van der Waals surface area contributed by atoms with Gasteiger partial charge in [-0.1, -0.05) is 31.5 Å². The molecule has 2 nitrogen and oxygen atoms in total. The normalized spacial score (nSPS) is 9.47. The fourth-order valence-corrected chi connectivity index (χ4v) is 1.54. The van der Waals surface area contributed by atoms with Crippen LogP contribution in [0.15, 0.2) is 18.2 Å². The summed E-state index contributed by atoms with van der Waals surface area (Å²) in [6, 6.07) is 5.36. The molecule has 0 bridgehead atoms. The zero-order valence-corrected chi connectivity index (χ0v) is 11.7. The zero-order valence-electron chi connectivity index (χ0n) is 9.67. The molecule has 0 heterocycles. The average Bonchev–Trinajstić information content (AvgIpc) is 2.16. The number of unbranched alkanes of at least 4 members (excludes halogenated alkanes) is 1. The number of carbonyl (C=O) groups is 1. The molecule has 0 atom stereocenters. The predicted molar refractivity (Wildman–Crippen MR) is 54.1 cm³/mol. The van der Waals surface area contributed by atoms with Gasteiger partial charge in [0, 0.05) is 5.56 Å². The Bertz CT molecular complexity index is 334. The molecule has 0 saturated carbocycles. The Kier molecular flexibility index (Phi) is 6.90. The van der Waals surface area contributed by atoms with Gasteiger partial charge in [-0.25, -0.2) is 0 Å². The minimum absolute atomic E-state index is 0. The van der Waals surface area contributed by atoms with Crippen molar-refractivity contribution < 1.29 is 39.5 Å². The molecular weight excluding hydrogens is 199 g/mol. The molecule has 0 radical (unpaired) electrons. The van der Waals surface area contributed by atoms with E-state index in [0.717, 1.165) is 30.4 Å². The van der Waals surface area contributed by atoms with Crippen molar-refractivity contribution in [1.82, 2.24) is 0 Å². The third-order valence-electron chi connectivity index (χ3n) is 2.47. The largest absolute Gasteiger partial charge is 1.00 e. The van der Waals surface area contributed by atoms with Crippen LogP contribution in [-0.4, -0.2) is 5.97 Å². The van der Waals surface area contributed by atoms with Crippen LogP contribution in [0.1, 0.15) is 41.3 Å². The molecule has 0 saturated heterocycles. The molecule has 1 aromatic rings. The van der Waals surface area contributed by atoms with E-state index < -0.39 is 5.97 Å². The molecule has 0 fully saturated rings. The number of carboxylic acid groups (broad SMARTS) is 1. The van der Waals surface area contributed by atoms with Crippen LogP contribution in [0.5, 0.6) is 0 Å². The van der Waals surface area contributed by atoms with Crippen LogP contribution in [0.3, 0.4) is 0 Å². The van der Waals surface area contributed by atoms with Gasteiger partial charge in [0.25, 0.3) is 0 Å². The van der Waals surface area contributed by atoms with Gasteiger partial charge in [-0.15, -0.1) is 0 Å². The summed E-state index contributed by atoms with van der Waals surface area (Å²) in [7, 11) is 0. The van der Waals surface area contributed by atoms with E-state index in [0.29, 0.717) is 5.56 Å². The summed E-state index contributed by atoms with van der Waals surface area (Å²) < 4.78 is 0. The van der Waals surface area contributed by atoms with Gasteiger partial charge in [-0.2, -0.15) is 0 Å². The topological polar surface area (TPSA) is 40.1 Å². The van der Waals surface area contributed by atoms with Crippen molar-refractivity contribution in [1.29, 1.82) is 0 Å². The number of aryl methyl sites for hydroxylation is 1. The van der Waals surface area contributed by atoms with Crippen LogP contribution in [0.4, 0.5) is 0 Å². The standard InChI is InChI=1S/C12H16O2.Na/c1-3-4-6-10-7-5-8-11(9(10)2)12(13)14;/h5,7-8H,3-4,6H2,1-2H3,(H,13,14);/q;+1/p-1. The van der Waals surface area contributed by atoms with E-state index in [9.17, 15) is 9.90 Å². The maximum atomic E-state index is 10.7. The summed E-state index contributed by atoms with van der Waals surface area (Å²) in [4.78, 5) is 10.7. The Morgan fingerprint density at radius 1 is 1.40 bits per heavy atom. The van der Waals surface area contributed by atoms with Gasteiger partial charge < -0.3 is 9.90 Å². The van der Waals surface area contributed by atoms with E-state index in [-0.39, 0.29) is 29.6 Å². The predicted octanol–water partition coefficient (Wildman–Crippen LogP) is -1.29. The van der Waals surface area contributed by atoms with Crippen molar-refractivity contribution in [3.8, 4) is 0 Å². The summed E-state index contributed by atoms with van der Waals surface area (Å²) in [6.07, 6.45) is 3.16. The van der Waals surface area contributed by atoms with Gasteiger partial charge in [0.2, 0.25) is 0 Å². The van der Waals surface area contributed by atoms with Crippen molar-refractivity contribution in [2.75, 3.05) is 0 Å². The zero-order chi connectivity index (χ0) is 10.6. The fraction of sp³-hybridized carbons (Fsp3) is 0.417. The van der Waals surface area contributed by atoms with Gasteiger partial charge in [0.05, 0.1) is 5.97 Å². The third-order valence-corrected chi connectivity index (χ3v) is 2.47. The molecule has 1 rings (SSSR count). The monoisotopic (exact) mass is 214 g/mol. The van der Waals surface area contributed by atoms with E-state index in [1.165, 1.54) is 0 Å². The minimum atomic E-state index is -1.08. The number of hydrogen-bond donors (Lipinski definition) is 0. The molecule has 1 aromatic carbocycles. The van der Waals surface area contributed by atoms with E-state index in [1.54, 1.807) is 12.1 Å². The minimum Gasteiger partial charge on any atom is -0.545 e. The molecule has 0 aliphatic rings. The number of carboxylic acids is 1. The second-order valence-corrected chi connectivity index (χ2v) is 3.48. The molecule has 0 amide bonds. The Labute approximate surface area is 113 Å². The van der Waals surface area contributed by atoms with Crippen LogP contribution < -0.4 is 34.7 Å². The molecule has 3 heteroatoms. The van der Waals surface area contributed by atoms with E-state index in [2.05, 4.69) is 6.92 Å². The van der Waals surface area contributed by atoms with Gasteiger partial charge in [0.15, 0.2) is 0 Å². The first-order chi connectivity index (χ1) is 6.66. The van der Waals surface area contributed by atoms with Gasteiger partial charge in [0.1, 0.15) is 0 Å². The van der Waals surface area contributed by atoms with Crippen molar-refractivity contribution >= 4 is 5.97 Å². The first kappa shape index (κ1) is 14.7. The number of hydrogen-bond acceptors (Lipinski definition) is 2. The molecule has 0 aliphatic heterocycles. The van der Waals surface area contributed by atoms with Crippen molar-refractivity contribution in [2.45, 2.75) is 33.1 Å². The molecule has 76 valence electrons. The average molecular weight is 214 g/mol. The smallest absolute Gasteiger partial charge is 0.545 e. The van der Waals surface area contributed by atoms with Crippen molar-refractivity contribution in [3.05, 3.63) is 34.9 Å². The fourth-order valence-electron chi connectivity index (χ4n) is 1.54. The number of carbonyl (C=O) groups excluding carboxylic acids is 1. The molecule has 0 aliphatic carbocycles. The second kappa shape index (κ2) is 7.04. The summed E-state index contributed by atoms with van der Waals surface area (Å²) in [5, 5.41) is 10.7. The van der Waals surface area contributed by atoms with Gasteiger partial charge in [-0.3, -0.25) is 0 Å². The molecule has 15 heavy (non-hydrogen) atoms. The molecule has 0 spiro atoms. The van der Waals surface area contributed by atoms with Gasteiger partial charge in [-0.05, 0) is 30.9 Å². The third kappa shape index (κ3) is 3.98. The molecule has 0 aromatic heterocycles. The second-order valence-electron chi connectivity index (χ2n) is 3.48. The molecule has 0 unspecified atom stereocenters. The Morgan fingerprint density at radius 3 is 2.60 bits per heavy atom. The van der Waals surface area contributed by atoms with E-state index in [4.69, 9.17) is 0 Å². The van der Waals surface area contributed by atoms with Crippen LogP contribution >= 0.6 is 0 Å². The number of aromatic carboxylic acids is 1. The Balaban J connectivity index is 0.00000196. The van der Waals surface area contributed by atoms with Crippen LogP contribution in [0.2, 0.25) is 0 Å². The summed E-state index contributed by atoms with van der Waals surface area (Å²) in [5.41, 5.74) is 2.29. The Morgan fingerprint density at radius 2 is 2.07 bits per heavy atom. The van der Waals surface area contributed by atoms with Crippen LogP contribution in [0, 0.1) is 6.92 Å². The number of benzene rings is 1. The van der Waals surface area contributed by atoms with E-state index >= 15 is 0 Å². The van der Waals surface area contributed by atoms with Crippen LogP contribution in [0.25, 0.3) is 0 Å². The van der Waals surface area contributed by atoms with Crippen molar-refractivity contribution in [3.63, 3.8) is 0 Å². The first-order valence-corrected chi connectivity index (χ1v) is 4.96. The SMILES string of the molecule is CCCCc1cccc(C(=O)[O-])c1C.[Na+]. The summed E-state index contributed by atoms with van der Waals surface area (Å²) in [6.45, 7) is 3.97. The maximum Gasteiger partial charge on any atom is 1.00 e. The number of rotatable bonds is 4. The van der Waals surface area contributed by atoms with Gasteiger partial charge >= 0.3 is 29.6 Å². The quantitative estimate of drug-likeness (QED) is 0.585. The van der Waals surface area contributed by atoms with E-state index in [1.807, 2.05) is 13.0 Å². The summed E-state index contributed by atoms with van der Waals surface area (Å²) in [5.74, 6) is -1.08. The van der Waals surface area contributed by atoms with Crippen LogP contribution in [-0.2, 0) is 6.42 Å². The first-order valence-electron chi connectivity index (χ1n) is 4.96. The van der Waals surface area contributed by atoms with Crippen molar-refractivity contribution in [2.24, 2.45) is 0 Å². The Hall–Kier alpha value is -0.310. The summed E-state index contributed by atoms with van der Waals surface area (Å²) >= 11 is 0. The molecular formula is C12H15NaO2. The maximum absolute atomic E-state index is 10.7. The molecule has 0 N–H and O–H groups in total.